The van der Waals surface area contributed by atoms with E-state index in [0.717, 1.165) is 16.3 Å². The van der Waals surface area contributed by atoms with Gasteiger partial charge >= 0.3 is 0 Å². The second-order valence-electron chi connectivity index (χ2n) is 13.6. The molecule has 0 aromatic heterocycles. The lowest BCUT2D eigenvalue weighted by molar-refractivity contribution is 0.599. The second-order valence-corrected chi connectivity index (χ2v) is 23.0. The van der Waals surface area contributed by atoms with Crippen LogP contribution in [0.1, 0.15) is 0 Å². The van der Waals surface area contributed by atoms with Crippen LogP contribution in [0.4, 0.5) is 0 Å². The molecule has 0 N–H and O–H groups in total. The third-order valence-corrected chi connectivity index (χ3v) is 22.7. The average Bonchev–Trinajstić information content (AvgIpc) is 3.46. The fraction of sp³-hybridized carbons (Fsp3) is 0. The SMILES string of the molecule is O=S1(=O)c2ccccc2-c2cc([Si](c3ccccc3)(c3ccccc3)c3ccccc3)c([Si](c3ccccc3)(c3ccccc3)c3ccccc3)cc21. The van der Waals surface area contributed by atoms with E-state index in [0.29, 0.717) is 9.79 Å². The van der Waals surface area contributed by atoms with Crippen LogP contribution in [-0.4, -0.2) is 24.6 Å². The average molecular weight is 733 g/mol. The highest BCUT2D eigenvalue weighted by Crippen LogP contribution is 2.42. The molecule has 0 aliphatic carbocycles. The maximum absolute atomic E-state index is 14.8. The van der Waals surface area contributed by atoms with Gasteiger partial charge in [0.15, 0.2) is 16.1 Å². The summed E-state index contributed by atoms with van der Waals surface area (Å²) in [7, 11) is -10.3. The third-order valence-electron chi connectivity index (χ3n) is 10.9. The molecule has 8 aromatic carbocycles. The number of sulfone groups is 1. The van der Waals surface area contributed by atoms with E-state index in [1.807, 2.05) is 18.2 Å². The van der Waals surface area contributed by atoms with Crippen molar-refractivity contribution in [2.75, 3.05) is 0 Å². The van der Waals surface area contributed by atoms with Crippen LogP contribution in [-0.2, 0) is 9.84 Å². The summed E-state index contributed by atoms with van der Waals surface area (Å²) < 4.78 is 29.5. The predicted octanol–water partition coefficient (Wildman–Crippen LogP) is 5.25. The highest BCUT2D eigenvalue weighted by molar-refractivity contribution is 7.92. The molecule has 53 heavy (non-hydrogen) atoms. The summed E-state index contributed by atoms with van der Waals surface area (Å²) >= 11 is 0. The first kappa shape index (κ1) is 33.0. The summed E-state index contributed by atoms with van der Waals surface area (Å²) in [6.45, 7) is 0. The van der Waals surface area contributed by atoms with Crippen LogP contribution in [0.15, 0.2) is 228 Å². The largest absolute Gasteiger partial charge is 0.218 e. The van der Waals surface area contributed by atoms with Crippen LogP contribution >= 0.6 is 0 Å². The van der Waals surface area contributed by atoms with E-state index in [1.54, 1.807) is 6.07 Å². The molecule has 9 rings (SSSR count). The fourth-order valence-electron chi connectivity index (χ4n) is 8.74. The van der Waals surface area contributed by atoms with Gasteiger partial charge in [0.2, 0.25) is 9.84 Å². The number of hydrogen-bond donors (Lipinski definition) is 0. The Bertz CT molecular complexity index is 2460. The van der Waals surface area contributed by atoms with Crippen LogP contribution < -0.4 is 41.5 Å². The van der Waals surface area contributed by atoms with Crippen molar-refractivity contribution < 1.29 is 8.42 Å². The monoisotopic (exact) mass is 732 g/mol. The maximum atomic E-state index is 14.8. The lowest BCUT2D eigenvalue weighted by atomic mass is 10.1. The molecule has 0 saturated carbocycles. The molecule has 0 spiro atoms. The molecule has 1 aliphatic rings. The van der Waals surface area contributed by atoms with E-state index < -0.39 is 26.0 Å². The number of benzene rings is 8. The molecule has 0 unspecified atom stereocenters. The minimum Gasteiger partial charge on any atom is -0.218 e. The summed E-state index contributed by atoms with van der Waals surface area (Å²) in [4.78, 5) is 0.755. The Morgan fingerprint density at radius 1 is 0.283 bits per heavy atom. The number of fused-ring (bicyclic) bond motifs is 3. The van der Waals surface area contributed by atoms with E-state index in [-0.39, 0.29) is 0 Å². The molecule has 0 fully saturated rings. The minimum absolute atomic E-state index is 0.371. The third kappa shape index (κ3) is 5.07. The summed E-state index contributed by atoms with van der Waals surface area (Å²) in [6, 6.07) is 77.2. The Morgan fingerprint density at radius 3 is 0.906 bits per heavy atom. The predicted molar refractivity (Wildman–Crippen MR) is 225 cm³/mol. The molecule has 5 heteroatoms. The summed E-state index contributed by atoms with van der Waals surface area (Å²) in [6.07, 6.45) is 0. The van der Waals surface area contributed by atoms with Crippen LogP contribution in [0.5, 0.6) is 0 Å². The van der Waals surface area contributed by atoms with Crippen molar-refractivity contribution >= 4 is 67.5 Å². The van der Waals surface area contributed by atoms with Crippen molar-refractivity contribution in [3.63, 3.8) is 0 Å². The topological polar surface area (TPSA) is 34.1 Å². The molecule has 0 bridgehead atoms. The smallest absolute Gasteiger partial charge is 0.207 e. The van der Waals surface area contributed by atoms with Gasteiger partial charge in [-0.05, 0) is 53.6 Å². The van der Waals surface area contributed by atoms with Crippen LogP contribution in [0.25, 0.3) is 11.1 Å². The lowest BCUT2D eigenvalue weighted by Crippen LogP contribution is -2.84. The van der Waals surface area contributed by atoms with E-state index in [4.69, 9.17) is 0 Å². The van der Waals surface area contributed by atoms with Crippen molar-refractivity contribution in [2.45, 2.75) is 9.79 Å². The van der Waals surface area contributed by atoms with Gasteiger partial charge in [0.1, 0.15) is 0 Å². The zero-order valence-electron chi connectivity index (χ0n) is 29.0. The van der Waals surface area contributed by atoms with Gasteiger partial charge in [-0.2, -0.15) is 0 Å². The van der Waals surface area contributed by atoms with Crippen LogP contribution in [0, 0.1) is 0 Å². The summed E-state index contributed by atoms with van der Waals surface area (Å²) in [5, 5.41) is 9.62. The van der Waals surface area contributed by atoms with Gasteiger partial charge in [0.25, 0.3) is 0 Å². The van der Waals surface area contributed by atoms with E-state index >= 15 is 0 Å². The van der Waals surface area contributed by atoms with Gasteiger partial charge in [0.05, 0.1) is 9.79 Å². The molecule has 254 valence electrons. The Balaban J connectivity index is 1.58. The molecule has 0 amide bonds. The van der Waals surface area contributed by atoms with Crippen LogP contribution in [0.2, 0.25) is 0 Å². The highest BCUT2D eigenvalue weighted by Gasteiger charge is 2.51. The molecule has 1 aliphatic heterocycles. The quantitative estimate of drug-likeness (QED) is 0.158. The lowest BCUT2D eigenvalue weighted by Gasteiger charge is -2.42. The van der Waals surface area contributed by atoms with Gasteiger partial charge in [-0.15, -0.1) is 0 Å². The van der Waals surface area contributed by atoms with Crippen molar-refractivity contribution in [1.82, 2.24) is 0 Å². The molecule has 8 aromatic rings. The van der Waals surface area contributed by atoms with Crippen molar-refractivity contribution in [3.05, 3.63) is 218 Å². The molecule has 1 heterocycles. The van der Waals surface area contributed by atoms with Crippen molar-refractivity contribution in [2.24, 2.45) is 0 Å². The van der Waals surface area contributed by atoms with Gasteiger partial charge in [0, 0.05) is 11.1 Å². The first-order valence-electron chi connectivity index (χ1n) is 17.9. The molecule has 0 saturated heterocycles. The first-order valence-corrected chi connectivity index (χ1v) is 23.4. The van der Waals surface area contributed by atoms with Crippen molar-refractivity contribution in [3.8, 4) is 11.1 Å². The van der Waals surface area contributed by atoms with Gasteiger partial charge in [-0.1, -0.05) is 206 Å². The summed E-state index contributed by atoms with van der Waals surface area (Å²) in [5.74, 6) is 0. The Kier molecular flexibility index (Phi) is 8.27. The second kappa shape index (κ2) is 13.3. The number of rotatable bonds is 8. The molecular formula is C48H36O2SSi2. The van der Waals surface area contributed by atoms with E-state index in [1.165, 1.54) is 36.3 Å². The van der Waals surface area contributed by atoms with Gasteiger partial charge in [-0.25, -0.2) is 8.42 Å². The highest BCUT2D eigenvalue weighted by atomic mass is 32.2. The molecule has 0 atom stereocenters. The zero-order valence-corrected chi connectivity index (χ0v) is 31.8. The van der Waals surface area contributed by atoms with E-state index in [9.17, 15) is 8.42 Å². The summed E-state index contributed by atoms with van der Waals surface area (Å²) in [5.41, 5.74) is 1.54. The Morgan fingerprint density at radius 2 is 0.566 bits per heavy atom. The van der Waals surface area contributed by atoms with Crippen molar-refractivity contribution in [1.29, 1.82) is 0 Å². The van der Waals surface area contributed by atoms with Gasteiger partial charge < -0.3 is 0 Å². The Hall–Kier alpha value is -5.86. The maximum Gasteiger partial charge on any atom is 0.207 e. The first-order chi connectivity index (χ1) is 26.1. The molecule has 0 radical (unpaired) electrons. The molecule has 2 nitrogen and oxygen atoms in total. The van der Waals surface area contributed by atoms with Gasteiger partial charge in [-0.3, -0.25) is 0 Å². The van der Waals surface area contributed by atoms with E-state index in [2.05, 4.69) is 194 Å². The standard InChI is InChI=1S/C48H36O2SSi2/c49-51(50)45-34-20-19-33-43(45)44-35-47(52(37-21-7-1-8-22-37,38-23-9-2-10-24-38)39-25-11-3-12-26-39)48(36-46(44)51)53(40-27-13-4-14-28-40,41-29-15-5-16-30-41)42-31-17-6-18-32-42/h1-36H. The number of hydrogen-bond acceptors (Lipinski definition) is 2. The van der Waals surface area contributed by atoms with Crippen LogP contribution in [0.3, 0.4) is 0 Å². The normalized spacial score (nSPS) is 13.2. The fourth-order valence-corrected chi connectivity index (χ4v) is 21.4. The zero-order chi connectivity index (χ0) is 35.9. The molecular weight excluding hydrogens is 697 g/mol. The minimum atomic E-state index is -3.81. The Labute approximate surface area is 313 Å².